The minimum atomic E-state index is -0.831. The monoisotopic (exact) mass is 352 g/mol. The van der Waals surface area contributed by atoms with Crippen molar-refractivity contribution in [1.82, 2.24) is 0 Å². The van der Waals surface area contributed by atoms with Gasteiger partial charge < -0.3 is 10.2 Å². The van der Waals surface area contributed by atoms with E-state index in [1.165, 1.54) is 12.1 Å². The van der Waals surface area contributed by atoms with Crippen molar-refractivity contribution < 1.29 is 14.6 Å². The van der Waals surface area contributed by atoms with Gasteiger partial charge in [0.05, 0.1) is 13.2 Å². The summed E-state index contributed by atoms with van der Waals surface area (Å²) in [4.78, 5) is 0. The van der Waals surface area contributed by atoms with Crippen LogP contribution in [0.15, 0.2) is 46.9 Å². The van der Waals surface area contributed by atoms with Gasteiger partial charge in [-0.1, -0.05) is 45.8 Å². The van der Waals surface area contributed by atoms with Crippen LogP contribution in [0.3, 0.4) is 0 Å². The molecule has 2 aromatic rings. The molecule has 2 aromatic carbocycles. The summed E-state index contributed by atoms with van der Waals surface area (Å²) in [5, 5.41) is 19.7. The molecule has 0 bridgehead atoms. The Balaban J connectivity index is 2.45. The summed E-state index contributed by atoms with van der Waals surface area (Å²) in [7, 11) is 0. The quantitative estimate of drug-likeness (QED) is 0.866. The Morgan fingerprint density at radius 3 is 2.43 bits per heavy atom. The lowest BCUT2D eigenvalue weighted by molar-refractivity contribution is 0.116. The van der Waals surface area contributed by atoms with E-state index < -0.39 is 5.41 Å². The van der Waals surface area contributed by atoms with Gasteiger partial charge in [-0.2, -0.15) is 0 Å². The molecule has 112 valence electrons. The van der Waals surface area contributed by atoms with Crippen LogP contribution in [-0.4, -0.2) is 23.4 Å². The SMILES string of the molecule is Cc1cccc(C(CO)(CO)Cc2cc(F)ccc2Br)c1. The maximum atomic E-state index is 13.5. The second-order valence-electron chi connectivity index (χ2n) is 5.38. The summed E-state index contributed by atoms with van der Waals surface area (Å²) >= 11 is 3.40. The van der Waals surface area contributed by atoms with Gasteiger partial charge >= 0.3 is 0 Å². The first-order valence-electron chi connectivity index (χ1n) is 6.73. The molecular weight excluding hydrogens is 335 g/mol. The lowest BCUT2D eigenvalue weighted by Crippen LogP contribution is -2.37. The molecule has 21 heavy (non-hydrogen) atoms. The summed E-state index contributed by atoms with van der Waals surface area (Å²) in [6.07, 6.45) is 0.349. The summed E-state index contributed by atoms with van der Waals surface area (Å²) in [6, 6.07) is 12.1. The fourth-order valence-corrected chi connectivity index (χ4v) is 2.85. The zero-order chi connectivity index (χ0) is 15.5. The van der Waals surface area contributed by atoms with Crippen molar-refractivity contribution >= 4 is 15.9 Å². The predicted octanol–water partition coefficient (Wildman–Crippen LogP) is 3.36. The van der Waals surface area contributed by atoms with Gasteiger partial charge in [-0.3, -0.25) is 0 Å². The molecule has 0 unspecified atom stereocenters. The fourth-order valence-electron chi connectivity index (χ4n) is 2.46. The summed E-state index contributed by atoms with van der Waals surface area (Å²) in [5.74, 6) is -0.331. The number of rotatable bonds is 5. The topological polar surface area (TPSA) is 40.5 Å². The molecule has 0 aliphatic rings. The molecule has 0 spiro atoms. The average molecular weight is 353 g/mol. The molecule has 0 heterocycles. The van der Waals surface area contributed by atoms with Crippen molar-refractivity contribution in [3.8, 4) is 0 Å². The molecule has 0 amide bonds. The van der Waals surface area contributed by atoms with E-state index >= 15 is 0 Å². The Bertz CT molecular complexity index is 624. The molecule has 2 rings (SSSR count). The predicted molar refractivity (Wildman–Crippen MR) is 84.8 cm³/mol. The zero-order valence-electron chi connectivity index (χ0n) is 11.8. The van der Waals surface area contributed by atoms with Gasteiger partial charge in [0.1, 0.15) is 5.82 Å². The van der Waals surface area contributed by atoms with Crippen LogP contribution in [-0.2, 0) is 11.8 Å². The molecule has 0 aliphatic heterocycles. The highest BCUT2D eigenvalue weighted by Gasteiger charge is 2.32. The van der Waals surface area contributed by atoms with Crippen molar-refractivity contribution in [1.29, 1.82) is 0 Å². The highest BCUT2D eigenvalue weighted by molar-refractivity contribution is 9.10. The third-order valence-electron chi connectivity index (χ3n) is 3.77. The lowest BCUT2D eigenvalue weighted by atomic mass is 9.76. The van der Waals surface area contributed by atoms with Gasteiger partial charge in [0.25, 0.3) is 0 Å². The van der Waals surface area contributed by atoms with Crippen molar-refractivity contribution in [2.24, 2.45) is 0 Å². The van der Waals surface area contributed by atoms with Gasteiger partial charge in [-0.15, -0.1) is 0 Å². The van der Waals surface area contributed by atoms with Crippen LogP contribution in [0.25, 0.3) is 0 Å². The van der Waals surface area contributed by atoms with E-state index in [4.69, 9.17) is 0 Å². The van der Waals surface area contributed by atoms with Crippen LogP contribution in [0, 0.1) is 12.7 Å². The number of benzene rings is 2. The van der Waals surface area contributed by atoms with E-state index in [1.54, 1.807) is 6.07 Å². The summed E-state index contributed by atoms with van der Waals surface area (Å²) in [6.45, 7) is 1.53. The first kappa shape index (κ1) is 16.1. The smallest absolute Gasteiger partial charge is 0.123 e. The number of hydrogen-bond donors (Lipinski definition) is 2. The Morgan fingerprint density at radius 1 is 1.10 bits per heavy atom. The van der Waals surface area contributed by atoms with Gasteiger partial charge in [-0.25, -0.2) is 4.39 Å². The number of hydrogen-bond acceptors (Lipinski definition) is 2. The number of aryl methyl sites for hydroxylation is 1. The van der Waals surface area contributed by atoms with E-state index in [9.17, 15) is 14.6 Å². The lowest BCUT2D eigenvalue weighted by Gasteiger charge is -2.31. The molecule has 0 aromatic heterocycles. The molecule has 0 aliphatic carbocycles. The Morgan fingerprint density at radius 2 is 1.81 bits per heavy atom. The van der Waals surface area contributed by atoms with Crippen LogP contribution >= 0.6 is 15.9 Å². The van der Waals surface area contributed by atoms with Crippen molar-refractivity contribution in [2.45, 2.75) is 18.8 Å². The van der Waals surface area contributed by atoms with Crippen LogP contribution < -0.4 is 0 Å². The first-order valence-corrected chi connectivity index (χ1v) is 7.53. The largest absolute Gasteiger partial charge is 0.395 e. The minimum absolute atomic E-state index is 0.212. The molecule has 0 fully saturated rings. The number of aliphatic hydroxyl groups excluding tert-OH is 2. The molecule has 2 N–H and O–H groups in total. The first-order chi connectivity index (χ1) is 10.0. The second-order valence-corrected chi connectivity index (χ2v) is 6.23. The van der Waals surface area contributed by atoms with E-state index in [1.807, 2.05) is 31.2 Å². The molecule has 4 heteroatoms. The van der Waals surface area contributed by atoms with Gasteiger partial charge in [0, 0.05) is 9.89 Å². The van der Waals surface area contributed by atoms with Crippen molar-refractivity contribution in [3.05, 3.63) is 69.4 Å². The van der Waals surface area contributed by atoms with Crippen LogP contribution in [0.5, 0.6) is 0 Å². The zero-order valence-corrected chi connectivity index (χ0v) is 13.4. The van der Waals surface area contributed by atoms with E-state index in [-0.39, 0.29) is 19.0 Å². The van der Waals surface area contributed by atoms with Crippen LogP contribution in [0.2, 0.25) is 0 Å². The average Bonchev–Trinajstić information content (AvgIpc) is 2.48. The second kappa shape index (κ2) is 6.69. The normalized spacial score (nSPS) is 11.7. The molecule has 0 saturated heterocycles. The Labute approximate surface area is 132 Å². The van der Waals surface area contributed by atoms with Crippen molar-refractivity contribution in [2.75, 3.05) is 13.2 Å². The Hall–Kier alpha value is -1.23. The van der Waals surface area contributed by atoms with E-state index in [0.717, 1.165) is 21.2 Å². The Kier molecular flexibility index (Phi) is 5.14. The highest BCUT2D eigenvalue weighted by Crippen LogP contribution is 2.31. The number of aliphatic hydroxyl groups is 2. The van der Waals surface area contributed by atoms with Gasteiger partial charge in [-0.05, 0) is 42.7 Å². The molecular formula is C17H18BrFO2. The number of halogens is 2. The van der Waals surface area contributed by atoms with E-state index in [0.29, 0.717) is 6.42 Å². The third kappa shape index (κ3) is 3.51. The molecule has 0 saturated carbocycles. The minimum Gasteiger partial charge on any atom is -0.395 e. The summed E-state index contributed by atoms with van der Waals surface area (Å²) in [5.41, 5.74) is 1.79. The van der Waals surface area contributed by atoms with E-state index in [2.05, 4.69) is 15.9 Å². The molecule has 0 atom stereocenters. The summed E-state index contributed by atoms with van der Waals surface area (Å²) < 4.78 is 14.2. The van der Waals surface area contributed by atoms with Gasteiger partial charge in [0.15, 0.2) is 0 Å². The molecule has 2 nitrogen and oxygen atoms in total. The van der Waals surface area contributed by atoms with Crippen LogP contribution in [0.4, 0.5) is 4.39 Å². The van der Waals surface area contributed by atoms with Crippen LogP contribution in [0.1, 0.15) is 16.7 Å². The van der Waals surface area contributed by atoms with Gasteiger partial charge in [0.2, 0.25) is 0 Å². The molecule has 0 radical (unpaired) electrons. The van der Waals surface area contributed by atoms with Crippen molar-refractivity contribution in [3.63, 3.8) is 0 Å². The standard InChI is InChI=1S/C17H18BrFO2/c1-12-3-2-4-14(7-12)17(10-20,11-21)9-13-8-15(19)5-6-16(13)18/h2-8,20-21H,9-11H2,1H3. The maximum absolute atomic E-state index is 13.5. The third-order valence-corrected chi connectivity index (χ3v) is 4.55. The maximum Gasteiger partial charge on any atom is 0.123 e. The highest BCUT2D eigenvalue weighted by atomic mass is 79.9. The fraction of sp³-hybridized carbons (Fsp3) is 0.294.